The van der Waals surface area contributed by atoms with Crippen molar-refractivity contribution in [2.45, 2.75) is 32.4 Å². The average molecular weight is 317 g/mol. The zero-order chi connectivity index (χ0) is 14.9. The number of benzene rings is 1. The van der Waals surface area contributed by atoms with E-state index in [1.165, 1.54) is 0 Å². The first kappa shape index (κ1) is 15.6. The predicted octanol–water partition coefficient (Wildman–Crippen LogP) is 1.85. The van der Waals surface area contributed by atoms with Gasteiger partial charge < -0.3 is 10.6 Å². The van der Waals surface area contributed by atoms with Gasteiger partial charge in [0.25, 0.3) is 0 Å². The van der Waals surface area contributed by atoms with E-state index in [1.54, 1.807) is 0 Å². The van der Waals surface area contributed by atoms with Crippen LogP contribution in [0.15, 0.2) is 18.2 Å². The van der Waals surface area contributed by atoms with Crippen molar-refractivity contribution >= 4 is 27.1 Å². The summed E-state index contributed by atoms with van der Waals surface area (Å²) in [6.45, 7) is 4.36. The maximum Gasteiger partial charge on any atom is 0.154 e. The molecular formula is C14H21ClN2O2S. The molecule has 0 saturated carbocycles. The molecule has 0 amide bonds. The Balaban J connectivity index is 2.37. The fourth-order valence-corrected chi connectivity index (χ4v) is 4.58. The van der Waals surface area contributed by atoms with E-state index in [4.69, 9.17) is 17.3 Å². The molecule has 0 radical (unpaired) electrons. The number of sulfone groups is 1. The number of anilines is 1. The van der Waals surface area contributed by atoms with E-state index in [2.05, 4.69) is 4.90 Å². The van der Waals surface area contributed by atoms with Crippen molar-refractivity contribution in [3.05, 3.63) is 28.8 Å². The number of halogens is 1. The van der Waals surface area contributed by atoms with Crippen LogP contribution in [0.5, 0.6) is 0 Å². The molecule has 112 valence electrons. The van der Waals surface area contributed by atoms with Gasteiger partial charge >= 0.3 is 0 Å². The highest BCUT2D eigenvalue weighted by Gasteiger charge is 2.30. The number of hydrogen-bond donors (Lipinski definition) is 1. The summed E-state index contributed by atoms with van der Waals surface area (Å²) >= 11 is 6.35. The number of nitrogens with zero attached hydrogens (tertiary/aromatic N) is 1. The van der Waals surface area contributed by atoms with Gasteiger partial charge in [0.1, 0.15) is 0 Å². The minimum Gasteiger partial charge on any atom is -0.365 e. The van der Waals surface area contributed by atoms with E-state index < -0.39 is 9.84 Å². The lowest BCUT2D eigenvalue weighted by atomic mass is 10.0. The van der Waals surface area contributed by atoms with Crippen LogP contribution in [0.2, 0.25) is 5.02 Å². The number of hydrogen-bond acceptors (Lipinski definition) is 4. The molecule has 4 nitrogen and oxygen atoms in total. The first-order chi connectivity index (χ1) is 9.30. The van der Waals surface area contributed by atoms with Crippen LogP contribution < -0.4 is 10.6 Å². The normalized spacial score (nSPS) is 23.6. The highest BCUT2D eigenvalue weighted by molar-refractivity contribution is 7.91. The van der Waals surface area contributed by atoms with Crippen LogP contribution in [0.4, 0.5) is 5.69 Å². The third-order valence-corrected chi connectivity index (χ3v) is 5.67. The zero-order valence-corrected chi connectivity index (χ0v) is 13.4. The zero-order valence-electron chi connectivity index (χ0n) is 11.8. The van der Waals surface area contributed by atoms with Gasteiger partial charge in [-0.2, -0.15) is 0 Å². The summed E-state index contributed by atoms with van der Waals surface area (Å²) in [6, 6.07) is 5.74. The molecule has 1 heterocycles. The van der Waals surface area contributed by atoms with Crippen molar-refractivity contribution in [3.63, 3.8) is 0 Å². The van der Waals surface area contributed by atoms with Crippen molar-refractivity contribution < 1.29 is 8.42 Å². The highest BCUT2D eigenvalue weighted by atomic mass is 35.5. The molecule has 1 aromatic carbocycles. The van der Waals surface area contributed by atoms with Crippen LogP contribution in [0.3, 0.4) is 0 Å². The van der Waals surface area contributed by atoms with E-state index in [1.807, 2.05) is 32.0 Å². The van der Waals surface area contributed by atoms with Crippen molar-refractivity contribution in [2.24, 2.45) is 5.73 Å². The lowest BCUT2D eigenvalue weighted by Gasteiger charge is -2.37. The monoisotopic (exact) mass is 316 g/mol. The number of rotatable bonds is 3. The van der Waals surface area contributed by atoms with Gasteiger partial charge in [0.15, 0.2) is 9.84 Å². The lowest BCUT2D eigenvalue weighted by molar-refractivity contribution is 0.567. The Hall–Kier alpha value is -0.780. The second kappa shape index (κ2) is 5.92. The van der Waals surface area contributed by atoms with E-state index in [0.717, 1.165) is 17.7 Å². The van der Waals surface area contributed by atoms with Crippen molar-refractivity contribution in [1.29, 1.82) is 0 Å². The fourth-order valence-electron chi connectivity index (χ4n) is 2.72. The van der Waals surface area contributed by atoms with Gasteiger partial charge in [-0.25, -0.2) is 8.42 Å². The summed E-state index contributed by atoms with van der Waals surface area (Å²) < 4.78 is 23.4. The predicted molar refractivity (Wildman–Crippen MR) is 84.3 cm³/mol. The van der Waals surface area contributed by atoms with Crippen LogP contribution in [-0.2, 0) is 16.3 Å². The molecule has 20 heavy (non-hydrogen) atoms. The van der Waals surface area contributed by atoms with E-state index in [-0.39, 0.29) is 23.6 Å². The standard InChI is InChI=1S/C14H21ClN2O2S/c1-10(16)8-12-4-3-5-13(15)14(12)17-6-7-20(18,19)9-11(17)2/h3-5,10-11H,6-9,16H2,1-2H3. The average Bonchev–Trinajstić information content (AvgIpc) is 2.29. The van der Waals surface area contributed by atoms with Gasteiger partial charge in [-0.3, -0.25) is 0 Å². The smallest absolute Gasteiger partial charge is 0.154 e. The minimum absolute atomic E-state index is 0.0380. The third-order valence-electron chi connectivity index (χ3n) is 3.57. The molecule has 2 N–H and O–H groups in total. The van der Waals surface area contributed by atoms with Crippen molar-refractivity contribution in [1.82, 2.24) is 0 Å². The Labute approximate surface area is 125 Å². The Morgan fingerprint density at radius 1 is 1.50 bits per heavy atom. The van der Waals surface area contributed by atoms with Crippen LogP contribution in [0.1, 0.15) is 19.4 Å². The molecule has 0 aliphatic carbocycles. The molecule has 6 heteroatoms. The lowest BCUT2D eigenvalue weighted by Crippen LogP contribution is -2.47. The largest absolute Gasteiger partial charge is 0.365 e. The van der Waals surface area contributed by atoms with Gasteiger partial charge in [0.2, 0.25) is 0 Å². The number of nitrogens with two attached hydrogens (primary N) is 1. The third kappa shape index (κ3) is 3.45. The van der Waals surface area contributed by atoms with E-state index in [0.29, 0.717) is 11.6 Å². The van der Waals surface area contributed by atoms with Crippen LogP contribution in [0.25, 0.3) is 0 Å². The molecular weight excluding hydrogens is 296 g/mol. The van der Waals surface area contributed by atoms with Gasteiger partial charge in [-0.15, -0.1) is 0 Å². The highest BCUT2D eigenvalue weighted by Crippen LogP contribution is 2.33. The minimum atomic E-state index is -2.93. The summed E-state index contributed by atoms with van der Waals surface area (Å²) in [7, 11) is -2.93. The summed E-state index contributed by atoms with van der Waals surface area (Å²) in [6.07, 6.45) is 0.728. The molecule has 1 saturated heterocycles. The van der Waals surface area contributed by atoms with Gasteiger partial charge in [-0.1, -0.05) is 23.7 Å². The molecule has 0 aromatic heterocycles. The Bertz CT molecular complexity index is 587. The SMILES string of the molecule is CC(N)Cc1cccc(Cl)c1N1CCS(=O)(=O)CC1C. The quantitative estimate of drug-likeness (QED) is 0.924. The maximum absolute atomic E-state index is 11.7. The molecule has 0 spiro atoms. The molecule has 1 aliphatic rings. The fraction of sp³-hybridized carbons (Fsp3) is 0.571. The van der Waals surface area contributed by atoms with Gasteiger partial charge in [0, 0.05) is 18.6 Å². The second-order valence-electron chi connectivity index (χ2n) is 5.59. The van der Waals surface area contributed by atoms with Gasteiger partial charge in [-0.05, 0) is 31.9 Å². The van der Waals surface area contributed by atoms with E-state index >= 15 is 0 Å². The van der Waals surface area contributed by atoms with Crippen LogP contribution >= 0.6 is 11.6 Å². The summed E-state index contributed by atoms with van der Waals surface area (Å²) in [4.78, 5) is 2.10. The van der Waals surface area contributed by atoms with E-state index in [9.17, 15) is 8.42 Å². The Morgan fingerprint density at radius 3 is 2.80 bits per heavy atom. The molecule has 2 atom stereocenters. The van der Waals surface area contributed by atoms with Crippen molar-refractivity contribution in [3.8, 4) is 0 Å². The topological polar surface area (TPSA) is 63.4 Å². The molecule has 2 rings (SSSR count). The first-order valence-electron chi connectivity index (χ1n) is 6.80. The summed E-state index contributed by atoms with van der Waals surface area (Å²) in [5, 5.41) is 0.661. The first-order valence-corrected chi connectivity index (χ1v) is 9.00. The molecule has 1 aromatic rings. The Morgan fingerprint density at radius 2 is 2.20 bits per heavy atom. The number of para-hydroxylation sites is 1. The van der Waals surface area contributed by atoms with Gasteiger partial charge in [0.05, 0.1) is 22.2 Å². The Kier molecular flexibility index (Phi) is 4.62. The molecule has 0 bridgehead atoms. The molecule has 1 fully saturated rings. The summed E-state index contributed by atoms with van der Waals surface area (Å²) in [5.41, 5.74) is 7.91. The van der Waals surface area contributed by atoms with Crippen LogP contribution in [0, 0.1) is 0 Å². The summed E-state index contributed by atoms with van der Waals surface area (Å²) in [5.74, 6) is 0.357. The molecule has 1 aliphatic heterocycles. The molecule has 2 unspecified atom stereocenters. The van der Waals surface area contributed by atoms with Crippen LogP contribution in [-0.4, -0.2) is 38.6 Å². The maximum atomic E-state index is 11.7. The second-order valence-corrected chi connectivity index (χ2v) is 8.22. The van der Waals surface area contributed by atoms with Crippen molar-refractivity contribution in [2.75, 3.05) is 23.0 Å².